The number of nitrogens with one attached hydrogen (secondary N) is 1. The van der Waals surface area contributed by atoms with Crippen LogP contribution >= 0.6 is 0 Å². The largest absolute Gasteiger partial charge is 0.416 e. The van der Waals surface area contributed by atoms with Gasteiger partial charge in [0, 0.05) is 55.7 Å². The summed E-state index contributed by atoms with van der Waals surface area (Å²) in [5, 5.41) is 4.20. The monoisotopic (exact) mass is 553 g/mol. The SMILES string of the molecule is C=C/C(=C\C=C(/C)N1CCCC1)CN(/C=C(\C(=C)C(F)(F)F)C(=O)NCc1ccc2c(N)nccc2c1)C(C)C. The molecule has 1 amide bonds. The zero-order valence-electron chi connectivity index (χ0n) is 23.4. The van der Waals surface area contributed by atoms with E-state index >= 15 is 0 Å². The van der Waals surface area contributed by atoms with Crippen molar-refractivity contribution in [3.63, 3.8) is 0 Å². The number of carbonyl (C=O) groups is 1. The third-order valence-corrected chi connectivity index (χ3v) is 6.95. The highest BCUT2D eigenvalue weighted by Gasteiger charge is 2.37. The average Bonchev–Trinajstić information content (AvgIpc) is 3.45. The van der Waals surface area contributed by atoms with Crippen LogP contribution in [0.1, 0.15) is 39.2 Å². The fraction of sp³-hybridized carbons (Fsp3) is 0.355. The summed E-state index contributed by atoms with van der Waals surface area (Å²) in [5.74, 6) is -0.487. The number of carbonyl (C=O) groups excluding carboxylic acids is 1. The zero-order valence-corrected chi connectivity index (χ0v) is 23.4. The highest BCUT2D eigenvalue weighted by molar-refractivity contribution is 5.98. The number of nitrogens with two attached hydrogens (primary N) is 1. The maximum absolute atomic E-state index is 13.8. The molecule has 2 aromatic rings. The normalized spacial score (nSPS) is 15.1. The molecular formula is C31H38F3N5O. The van der Waals surface area contributed by atoms with Gasteiger partial charge in [-0.25, -0.2) is 4.98 Å². The van der Waals surface area contributed by atoms with Crippen molar-refractivity contribution in [2.24, 2.45) is 0 Å². The van der Waals surface area contributed by atoms with Crippen molar-refractivity contribution in [3.05, 3.63) is 96.0 Å². The molecule has 0 radical (unpaired) electrons. The van der Waals surface area contributed by atoms with Crippen LogP contribution in [0.5, 0.6) is 0 Å². The Kier molecular flexibility index (Phi) is 10.2. The number of nitrogens with zero attached hydrogens (tertiary/aromatic N) is 3. The quantitative estimate of drug-likeness (QED) is 0.254. The zero-order chi connectivity index (χ0) is 29.4. The van der Waals surface area contributed by atoms with Crippen molar-refractivity contribution in [3.8, 4) is 0 Å². The smallest absolute Gasteiger partial charge is 0.383 e. The van der Waals surface area contributed by atoms with Gasteiger partial charge in [0.15, 0.2) is 0 Å². The van der Waals surface area contributed by atoms with Crippen LogP contribution in [0.4, 0.5) is 19.0 Å². The number of alkyl halides is 3. The summed E-state index contributed by atoms with van der Waals surface area (Å²) < 4.78 is 41.3. The van der Waals surface area contributed by atoms with E-state index in [9.17, 15) is 18.0 Å². The van der Waals surface area contributed by atoms with E-state index in [1.54, 1.807) is 35.4 Å². The van der Waals surface area contributed by atoms with E-state index in [0.717, 1.165) is 48.0 Å². The standard InChI is InChI=1S/C31H38F3N5O/c1-6-24(10-9-22(4)38-15-7-8-16-38)19-39(21(2)3)20-28(23(5)31(32,33)34)30(40)37-18-25-11-12-27-26(17-25)13-14-36-29(27)35/h6,9-14,17,20-21H,1,5,7-8,15-16,18-19H2,2-4H3,(H2,35,36)(H,37,40)/b22-9+,24-10+,28-20+. The first-order valence-electron chi connectivity index (χ1n) is 13.3. The second kappa shape index (κ2) is 13.4. The van der Waals surface area contributed by atoms with Gasteiger partial charge < -0.3 is 20.9 Å². The van der Waals surface area contributed by atoms with Crippen LogP contribution in [0.2, 0.25) is 0 Å². The Labute approximate surface area is 234 Å². The minimum atomic E-state index is -4.77. The highest BCUT2D eigenvalue weighted by Crippen LogP contribution is 2.31. The van der Waals surface area contributed by atoms with Crippen LogP contribution in [0.3, 0.4) is 0 Å². The predicted molar refractivity (Wildman–Crippen MR) is 156 cm³/mol. The molecule has 1 aromatic carbocycles. The lowest BCUT2D eigenvalue weighted by Crippen LogP contribution is -2.33. The first-order valence-corrected chi connectivity index (χ1v) is 13.3. The lowest BCUT2D eigenvalue weighted by atomic mass is 10.1. The van der Waals surface area contributed by atoms with Gasteiger partial charge in [0.1, 0.15) is 5.82 Å². The van der Waals surface area contributed by atoms with E-state index in [0.29, 0.717) is 11.4 Å². The Hall–Kier alpha value is -4.01. The number of hydrogen-bond donors (Lipinski definition) is 2. The van der Waals surface area contributed by atoms with Crippen molar-refractivity contribution in [2.45, 2.75) is 52.4 Å². The second-order valence-corrected chi connectivity index (χ2v) is 10.2. The highest BCUT2D eigenvalue weighted by atomic mass is 19.4. The third kappa shape index (κ3) is 8.00. The number of amides is 1. The molecule has 0 spiro atoms. The van der Waals surface area contributed by atoms with Crippen LogP contribution in [-0.2, 0) is 11.3 Å². The van der Waals surface area contributed by atoms with Crippen LogP contribution in [0, 0.1) is 0 Å². The minimum Gasteiger partial charge on any atom is -0.383 e. The number of benzene rings is 1. The number of anilines is 1. The van der Waals surface area contributed by atoms with E-state index in [-0.39, 0.29) is 19.1 Å². The van der Waals surface area contributed by atoms with Crippen molar-refractivity contribution in [2.75, 3.05) is 25.4 Å². The maximum atomic E-state index is 13.8. The lowest BCUT2D eigenvalue weighted by Gasteiger charge is -2.27. The van der Waals surface area contributed by atoms with Crippen molar-refractivity contribution in [1.82, 2.24) is 20.1 Å². The topological polar surface area (TPSA) is 74.5 Å². The molecular weight excluding hydrogens is 515 g/mol. The summed E-state index contributed by atoms with van der Waals surface area (Å²) in [6, 6.07) is 6.92. The lowest BCUT2D eigenvalue weighted by molar-refractivity contribution is -0.120. The van der Waals surface area contributed by atoms with Gasteiger partial charge in [-0.1, -0.05) is 37.4 Å². The summed E-state index contributed by atoms with van der Waals surface area (Å²) in [4.78, 5) is 21.2. The van der Waals surface area contributed by atoms with E-state index in [4.69, 9.17) is 5.73 Å². The molecule has 1 aromatic heterocycles. The molecule has 1 aliphatic heterocycles. The number of allylic oxidation sites excluding steroid dienone is 3. The summed E-state index contributed by atoms with van der Waals surface area (Å²) in [5.41, 5.74) is 6.80. The molecule has 0 atom stereocenters. The predicted octanol–water partition coefficient (Wildman–Crippen LogP) is 6.26. The molecule has 3 N–H and O–H groups in total. The van der Waals surface area contributed by atoms with Gasteiger partial charge >= 0.3 is 6.18 Å². The number of pyridine rings is 1. The molecule has 40 heavy (non-hydrogen) atoms. The van der Waals surface area contributed by atoms with Crippen LogP contribution in [-0.4, -0.2) is 52.5 Å². The van der Waals surface area contributed by atoms with Gasteiger partial charge in [0.25, 0.3) is 5.91 Å². The molecule has 3 rings (SSSR count). The van der Waals surface area contributed by atoms with E-state index in [1.807, 2.05) is 39.0 Å². The van der Waals surface area contributed by atoms with Gasteiger partial charge in [-0.2, -0.15) is 13.2 Å². The average molecular weight is 554 g/mol. The number of halogens is 3. The number of aromatic nitrogens is 1. The number of hydrogen-bond acceptors (Lipinski definition) is 5. The Bertz CT molecular complexity index is 1330. The third-order valence-electron chi connectivity index (χ3n) is 6.95. The summed E-state index contributed by atoms with van der Waals surface area (Å²) in [7, 11) is 0. The molecule has 0 unspecified atom stereocenters. The van der Waals surface area contributed by atoms with Gasteiger partial charge in [-0.15, -0.1) is 0 Å². The van der Waals surface area contributed by atoms with Crippen molar-refractivity contribution >= 4 is 22.5 Å². The molecule has 0 saturated carbocycles. The van der Waals surface area contributed by atoms with Crippen molar-refractivity contribution in [1.29, 1.82) is 0 Å². The second-order valence-electron chi connectivity index (χ2n) is 10.2. The Morgan fingerprint density at radius 3 is 2.55 bits per heavy atom. The van der Waals surface area contributed by atoms with E-state index in [1.165, 1.54) is 6.20 Å². The number of fused-ring (bicyclic) bond motifs is 1. The Morgan fingerprint density at radius 1 is 1.23 bits per heavy atom. The number of rotatable bonds is 11. The Morgan fingerprint density at radius 2 is 1.93 bits per heavy atom. The molecule has 1 saturated heterocycles. The molecule has 1 aliphatic rings. The summed E-state index contributed by atoms with van der Waals surface area (Å²) >= 11 is 0. The fourth-order valence-electron chi connectivity index (χ4n) is 4.41. The van der Waals surface area contributed by atoms with Gasteiger partial charge in [-0.3, -0.25) is 4.79 Å². The molecule has 9 heteroatoms. The van der Waals surface area contributed by atoms with E-state index < -0.39 is 23.2 Å². The molecule has 214 valence electrons. The van der Waals surface area contributed by atoms with Gasteiger partial charge in [0.2, 0.25) is 0 Å². The molecule has 1 fully saturated rings. The minimum absolute atomic E-state index is 0.0273. The summed E-state index contributed by atoms with van der Waals surface area (Å²) in [6.07, 6.45) is 5.97. The Balaban J connectivity index is 1.84. The number of likely N-dealkylation sites (tertiary alicyclic amines) is 1. The molecule has 2 heterocycles. The van der Waals surface area contributed by atoms with Crippen LogP contribution in [0.25, 0.3) is 10.8 Å². The van der Waals surface area contributed by atoms with E-state index in [2.05, 4.69) is 28.4 Å². The molecule has 0 bridgehead atoms. The van der Waals surface area contributed by atoms with Gasteiger partial charge in [0.05, 0.1) is 11.1 Å². The number of nitrogen functional groups attached to an aromatic ring is 1. The molecule has 0 aliphatic carbocycles. The molecule has 6 nitrogen and oxygen atoms in total. The van der Waals surface area contributed by atoms with Crippen LogP contribution < -0.4 is 11.1 Å². The fourth-order valence-corrected chi connectivity index (χ4v) is 4.41. The summed E-state index contributed by atoms with van der Waals surface area (Å²) in [6.45, 7) is 15.2. The first-order chi connectivity index (χ1) is 18.9. The van der Waals surface area contributed by atoms with Gasteiger partial charge in [-0.05, 0) is 68.3 Å². The maximum Gasteiger partial charge on any atom is 0.416 e. The van der Waals surface area contributed by atoms with Crippen LogP contribution in [0.15, 0.2) is 90.5 Å². The van der Waals surface area contributed by atoms with Crippen molar-refractivity contribution < 1.29 is 18.0 Å². The first kappa shape index (κ1) is 30.5.